The molecule has 2 N–H and O–H groups in total. The molecular formula is C19H27IN4. The number of nitrogens with zero attached hydrogens (tertiary/aromatic N) is 2. The number of nitrogens with one attached hydrogen (secondary N) is 2. The van der Waals surface area contributed by atoms with Crippen molar-refractivity contribution in [3.63, 3.8) is 0 Å². The van der Waals surface area contributed by atoms with Crippen molar-refractivity contribution < 1.29 is 0 Å². The highest BCUT2D eigenvalue weighted by Crippen LogP contribution is 2.16. The Morgan fingerprint density at radius 3 is 2.58 bits per heavy atom. The molecule has 0 saturated carbocycles. The van der Waals surface area contributed by atoms with Crippen LogP contribution in [0.15, 0.2) is 47.7 Å². The van der Waals surface area contributed by atoms with Crippen LogP contribution in [0, 0.1) is 13.8 Å². The van der Waals surface area contributed by atoms with E-state index in [0.717, 1.165) is 18.9 Å². The molecule has 0 spiro atoms. The van der Waals surface area contributed by atoms with Crippen LogP contribution in [-0.2, 0) is 6.42 Å². The number of halogens is 1. The first kappa shape index (κ1) is 20.4. The highest BCUT2D eigenvalue weighted by molar-refractivity contribution is 14.0. The van der Waals surface area contributed by atoms with E-state index in [1.807, 2.05) is 12.4 Å². The van der Waals surface area contributed by atoms with E-state index >= 15 is 0 Å². The van der Waals surface area contributed by atoms with Crippen LogP contribution in [-0.4, -0.2) is 24.5 Å². The van der Waals surface area contributed by atoms with E-state index < -0.39 is 0 Å². The molecule has 2 rings (SSSR count). The molecule has 1 aromatic carbocycles. The van der Waals surface area contributed by atoms with E-state index in [0.29, 0.717) is 0 Å². The van der Waals surface area contributed by atoms with E-state index in [-0.39, 0.29) is 30.0 Å². The zero-order chi connectivity index (χ0) is 16.7. The maximum Gasteiger partial charge on any atom is 0.191 e. The number of benzene rings is 1. The first-order chi connectivity index (χ1) is 11.1. The van der Waals surface area contributed by atoms with Gasteiger partial charge in [-0.2, -0.15) is 0 Å². The zero-order valence-corrected chi connectivity index (χ0v) is 17.2. The number of aliphatic imine (C=N–C) groups is 1. The van der Waals surface area contributed by atoms with Gasteiger partial charge in [0.25, 0.3) is 0 Å². The lowest BCUT2D eigenvalue weighted by Gasteiger charge is -2.20. The van der Waals surface area contributed by atoms with Crippen LogP contribution in [0.1, 0.15) is 35.2 Å². The molecule has 0 aliphatic heterocycles. The number of rotatable bonds is 5. The van der Waals surface area contributed by atoms with E-state index in [9.17, 15) is 0 Å². The van der Waals surface area contributed by atoms with Crippen molar-refractivity contribution in [2.75, 3.05) is 13.6 Å². The predicted molar refractivity (Wildman–Crippen MR) is 112 cm³/mol. The van der Waals surface area contributed by atoms with Gasteiger partial charge in [-0.1, -0.05) is 24.3 Å². The molecule has 0 radical (unpaired) electrons. The number of aryl methyl sites for hydroxylation is 2. The Kier molecular flexibility index (Phi) is 8.74. The first-order valence-corrected chi connectivity index (χ1v) is 8.04. The van der Waals surface area contributed by atoms with Gasteiger partial charge in [-0.15, -0.1) is 24.0 Å². The molecule has 0 saturated heterocycles. The third-order valence-corrected chi connectivity index (χ3v) is 4.06. The second-order valence-corrected chi connectivity index (χ2v) is 5.77. The van der Waals surface area contributed by atoms with Crippen LogP contribution >= 0.6 is 24.0 Å². The zero-order valence-electron chi connectivity index (χ0n) is 14.8. The smallest absolute Gasteiger partial charge is 0.191 e. The molecule has 1 aromatic heterocycles. The molecule has 0 bridgehead atoms. The van der Waals surface area contributed by atoms with Gasteiger partial charge in [0, 0.05) is 26.0 Å². The summed E-state index contributed by atoms with van der Waals surface area (Å²) in [6.45, 7) is 7.22. The Bertz CT molecular complexity index is 670. The van der Waals surface area contributed by atoms with Gasteiger partial charge in [-0.25, -0.2) is 0 Å². The second kappa shape index (κ2) is 10.3. The fourth-order valence-electron chi connectivity index (χ4n) is 2.65. The molecule has 24 heavy (non-hydrogen) atoms. The minimum Gasteiger partial charge on any atom is -0.356 e. The van der Waals surface area contributed by atoms with Crippen LogP contribution in [0.2, 0.25) is 0 Å². The first-order valence-electron chi connectivity index (χ1n) is 8.04. The topological polar surface area (TPSA) is 49.3 Å². The van der Waals surface area contributed by atoms with Gasteiger partial charge in [0.05, 0.1) is 6.04 Å². The Morgan fingerprint density at radius 2 is 1.92 bits per heavy atom. The van der Waals surface area contributed by atoms with E-state index in [1.54, 1.807) is 7.05 Å². The quantitative estimate of drug-likeness (QED) is 0.425. The Balaban J connectivity index is 0.00000288. The summed E-state index contributed by atoms with van der Waals surface area (Å²) < 4.78 is 0. The Morgan fingerprint density at radius 1 is 1.17 bits per heavy atom. The maximum atomic E-state index is 4.32. The lowest BCUT2D eigenvalue weighted by molar-refractivity contribution is 0.680. The summed E-state index contributed by atoms with van der Waals surface area (Å²) in [4.78, 5) is 8.45. The van der Waals surface area contributed by atoms with Crippen molar-refractivity contribution >= 4 is 29.9 Å². The highest BCUT2D eigenvalue weighted by Gasteiger charge is 2.09. The predicted octanol–water partition coefficient (Wildman–Crippen LogP) is 3.79. The normalized spacial score (nSPS) is 12.2. The van der Waals surface area contributed by atoms with Crippen molar-refractivity contribution in [2.45, 2.75) is 33.2 Å². The van der Waals surface area contributed by atoms with Crippen molar-refractivity contribution in [2.24, 2.45) is 4.99 Å². The second-order valence-electron chi connectivity index (χ2n) is 5.77. The molecule has 1 unspecified atom stereocenters. The molecule has 0 fully saturated rings. The summed E-state index contributed by atoms with van der Waals surface area (Å²) in [6.07, 6.45) is 4.70. The molecule has 5 heteroatoms. The van der Waals surface area contributed by atoms with Crippen LogP contribution in [0.4, 0.5) is 0 Å². The van der Waals surface area contributed by atoms with Crippen LogP contribution in [0.3, 0.4) is 0 Å². The van der Waals surface area contributed by atoms with Gasteiger partial charge in [-0.3, -0.25) is 9.98 Å². The van der Waals surface area contributed by atoms with Crippen molar-refractivity contribution in [1.82, 2.24) is 15.6 Å². The minimum atomic E-state index is 0. The summed E-state index contributed by atoms with van der Waals surface area (Å²) in [7, 11) is 1.80. The molecule has 130 valence electrons. The largest absolute Gasteiger partial charge is 0.356 e. The highest BCUT2D eigenvalue weighted by atomic mass is 127. The summed E-state index contributed by atoms with van der Waals surface area (Å²) in [6, 6.07) is 10.7. The Labute approximate surface area is 162 Å². The van der Waals surface area contributed by atoms with E-state index in [1.165, 1.54) is 22.3 Å². The third kappa shape index (κ3) is 5.78. The monoisotopic (exact) mass is 438 g/mol. The third-order valence-electron chi connectivity index (χ3n) is 4.06. The van der Waals surface area contributed by atoms with E-state index in [4.69, 9.17) is 0 Å². The van der Waals surface area contributed by atoms with Gasteiger partial charge in [-0.05, 0) is 55.5 Å². The lowest BCUT2D eigenvalue weighted by atomic mass is 10.0. The van der Waals surface area contributed by atoms with Gasteiger partial charge < -0.3 is 10.6 Å². The fraction of sp³-hybridized carbons (Fsp3) is 0.368. The van der Waals surface area contributed by atoms with Crippen molar-refractivity contribution in [3.05, 3.63) is 65.0 Å². The molecule has 0 aliphatic carbocycles. The molecule has 1 atom stereocenters. The van der Waals surface area contributed by atoms with Crippen LogP contribution in [0.5, 0.6) is 0 Å². The molecule has 2 aromatic rings. The average Bonchev–Trinajstić information content (AvgIpc) is 2.56. The summed E-state index contributed by atoms with van der Waals surface area (Å²) in [5.74, 6) is 0.826. The van der Waals surface area contributed by atoms with Crippen molar-refractivity contribution in [3.8, 4) is 0 Å². The molecule has 1 heterocycles. The number of hydrogen-bond donors (Lipinski definition) is 2. The number of guanidine groups is 1. The van der Waals surface area contributed by atoms with Gasteiger partial charge >= 0.3 is 0 Å². The van der Waals surface area contributed by atoms with Gasteiger partial charge in [0.15, 0.2) is 5.96 Å². The number of aromatic nitrogens is 1. The molecular weight excluding hydrogens is 411 g/mol. The van der Waals surface area contributed by atoms with E-state index in [2.05, 4.69) is 71.7 Å². The SMILES string of the molecule is CN=C(NCCc1ccncc1C)NC(C)c1ccccc1C.I. The maximum absolute atomic E-state index is 4.32. The molecule has 0 aliphatic rings. The minimum absolute atomic E-state index is 0. The number of hydrogen-bond acceptors (Lipinski definition) is 2. The molecule has 0 amide bonds. The van der Waals surface area contributed by atoms with Crippen LogP contribution in [0.25, 0.3) is 0 Å². The number of pyridine rings is 1. The summed E-state index contributed by atoms with van der Waals surface area (Å²) >= 11 is 0. The van der Waals surface area contributed by atoms with Crippen molar-refractivity contribution in [1.29, 1.82) is 0 Å². The fourth-order valence-corrected chi connectivity index (χ4v) is 2.65. The van der Waals surface area contributed by atoms with Crippen LogP contribution < -0.4 is 10.6 Å². The molecule has 4 nitrogen and oxygen atoms in total. The summed E-state index contributed by atoms with van der Waals surface area (Å²) in [5.41, 5.74) is 5.12. The van der Waals surface area contributed by atoms with Gasteiger partial charge in [0.1, 0.15) is 0 Å². The standard InChI is InChI=1S/C19H26N4.HI/c1-14-7-5-6-8-18(14)16(3)23-19(20-4)22-12-10-17-9-11-21-13-15(17)2;/h5-9,11,13,16H,10,12H2,1-4H3,(H2,20,22,23);1H. The lowest BCUT2D eigenvalue weighted by Crippen LogP contribution is -2.39. The Hall–Kier alpha value is -1.63. The average molecular weight is 438 g/mol. The summed E-state index contributed by atoms with van der Waals surface area (Å²) in [5, 5.41) is 6.83. The van der Waals surface area contributed by atoms with Gasteiger partial charge in [0.2, 0.25) is 0 Å².